The molecule has 1 aromatic carbocycles. The first-order valence-electron chi connectivity index (χ1n) is 6.48. The van der Waals surface area contributed by atoms with Gasteiger partial charge >= 0.3 is 0 Å². The fraction of sp³-hybridized carbons (Fsp3) is 0.571. The number of halogens is 1. The number of nitrogens with one attached hydrogen (secondary N) is 1. The average Bonchev–Trinajstić information content (AvgIpc) is 2.67. The Balaban J connectivity index is 2.10. The summed E-state index contributed by atoms with van der Waals surface area (Å²) in [7, 11) is 0. The summed E-state index contributed by atoms with van der Waals surface area (Å²) < 4.78 is 14.0. The van der Waals surface area contributed by atoms with E-state index in [1.54, 1.807) is 13.0 Å². The van der Waals surface area contributed by atoms with Crippen LogP contribution in [0.2, 0.25) is 0 Å². The van der Waals surface area contributed by atoms with E-state index >= 15 is 0 Å². The number of aliphatic hydroxyl groups is 1. The minimum absolute atomic E-state index is 0.205. The molecule has 4 heteroatoms. The molecule has 3 nitrogen and oxygen atoms in total. The maximum Gasteiger partial charge on any atom is 0.146 e. The fourth-order valence-corrected chi connectivity index (χ4v) is 2.34. The van der Waals surface area contributed by atoms with Crippen LogP contribution in [0.4, 0.5) is 10.1 Å². The highest BCUT2D eigenvalue weighted by Crippen LogP contribution is 2.28. The van der Waals surface area contributed by atoms with Gasteiger partial charge in [0.1, 0.15) is 5.82 Å². The molecule has 0 spiro atoms. The highest BCUT2D eigenvalue weighted by atomic mass is 19.1. The Hall–Kier alpha value is -1.13. The van der Waals surface area contributed by atoms with Crippen molar-refractivity contribution in [2.45, 2.75) is 32.4 Å². The van der Waals surface area contributed by atoms with E-state index in [2.05, 4.69) is 5.32 Å². The third-order valence-corrected chi connectivity index (χ3v) is 3.38. The molecule has 2 rings (SSSR count). The van der Waals surface area contributed by atoms with E-state index in [0.717, 1.165) is 12.1 Å². The summed E-state index contributed by atoms with van der Waals surface area (Å²) in [6.07, 6.45) is 0.686. The van der Waals surface area contributed by atoms with Gasteiger partial charge in [0.15, 0.2) is 0 Å². The Labute approximate surface area is 108 Å². The maximum absolute atomic E-state index is 14.0. The van der Waals surface area contributed by atoms with Gasteiger partial charge in [0.05, 0.1) is 11.3 Å². The number of β-amino-alcohol motifs (C(OH)–C–C–N with tert-alkyl or cyclic N) is 1. The van der Waals surface area contributed by atoms with Gasteiger partial charge in [-0.3, -0.25) is 0 Å². The van der Waals surface area contributed by atoms with Crippen LogP contribution in [0.3, 0.4) is 0 Å². The van der Waals surface area contributed by atoms with Crippen LogP contribution in [0.1, 0.15) is 25.8 Å². The normalized spacial score (nSPS) is 23.7. The minimum atomic E-state index is -0.700. The van der Waals surface area contributed by atoms with Gasteiger partial charge in [-0.1, -0.05) is 13.0 Å². The molecule has 0 aliphatic carbocycles. The number of rotatable bonds is 4. The molecule has 1 aromatic rings. The van der Waals surface area contributed by atoms with Crippen LogP contribution in [0.15, 0.2) is 18.2 Å². The number of nitrogens with zero attached hydrogens (tertiary/aromatic N) is 1. The predicted octanol–water partition coefficient (Wildman–Crippen LogP) is 1.90. The number of hydrogen-bond donors (Lipinski definition) is 2. The topological polar surface area (TPSA) is 35.5 Å². The van der Waals surface area contributed by atoms with Gasteiger partial charge in [0.2, 0.25) is 0 Å². The minimum Gasteiger partial charge on any atom is -0.388 e. The summed E-state index contributed by atoms with van der Waals surface area (Å²) in [5.41, 5.74) is 0.839. The largest absolute Gasteiger partial charge is 0.388 e. The molecule has 1 heterocycles. The SMILES string of the molecule is CCNCc1ccc(N2CCC(C)(O)C2)c(F)c1. The van der Waals surface area contributed by atoms with E-state index in [1.165, 1.54) is 0 Å². The summed E-state index contributed by atoms with van der Waals surface area (Å²) in [6.45, 7) is 6.58. The molecule has 2 N–H and O–H groups in total. The van der Waals surface area contributed by atoms with Crippen molar-refractivity contribution in [1.82, 2.24) is 5.32 Å². The highest BCUT2D eigenvalue weighted by molar-refractivity contribution is 5.50. The summed E-state index contributed by atoms with van der Waals surface area (Å²) in [5.74, 6) is -0.205. The molecule has 0 amide bonds. The highest BCUT2D eigenvalue weighted by Gasteiger charge is 2.32. The zero-order chi connectivity index (χ0) is 13.2. The van der Waals surface area contributed by atoms with E-state index in [9.17, 15) is 9.50 Å². The molecule has 1 atom stereocenters. The second-order valence-corrected chi connectivity index (χ2v) is 5.23. The maximum atomic E-state index is 14.0. The van der Waals surface area contributed by atoms with Crippen LogP contribution in [-0.2, 0) is 6.54 Å². The lowest BCUT2D eigenvalue weighted by atomic mass is 10.1. The van der Waals surface area contributed by atoms with E-state index < -0.39 is 5.60 Å². The third-order valence-electron chi connectivity index (χ3n) is 3.38. The van der Waals surface area contributed by atoms with Crippen molar-refractivity contribution in [3.8, 4) is 0 Å². The summed E-state index contributed by atoms with van der Waals surface area (Å²) >= 11 is 0. The molecule has 1 unspecified atom stereocenters. The standard InChI is InChI=1S/C14H21FN2O/c1-3-16-9-11-4-5-13(12(15)8-11)17-7-6-14(2,18)10-17/h4-5,8,16,18H,3,6-7,9-10H2,1-2H3. The molecule has 0 aromatic heterocycles. The molecule has 0 bridgehead atoms. The van der Waals surface area contributed by atoms with E-state index in [0.29, 0.717) is 31.7 Å². The van der Waals surface area contributed by atoms with E-state index in [-0.39, 0.29) is 5.82 Å². The molecule has 1 aliphatic rings. The number of hydrogen-bond acceptors (Lipinski definition) is 3. The van der Waals surface area contributed by atoms with Gasteiger partial charge < -0.3 is 15.3 Å². The van der Waals surface area contributed by atoms with Crippen LogP contribution in [0, 0.1) is 5.82 Å². The Bertz CT molecular complexity index is 420. The molecular weight excluding hydrogens is 231 g/mol. The van der Waals surface area contributed by atoms with E-state index in [1.807, 2.05) is 24.0 Å². The molecule has 18 heavy (non-hydrogen) atoms. The molecule has 1 fully saturated rings. The quantitative estimate of drug-likeness (QED) is 0.859. The zero-order valence-corrected chi connectivity index (χ0v) is 11.0. The summed E-state index contributed by atoms with van der Waals surface area (Å²) in [4.78, 5) is 1.91. The van der Waals surface area contributed by atoms with Gasteiger partial charge in [0, 0.05) is 19.6 Å². The van der Waals surface area contributed by atoms with Crippen LogP contribution in [-0.4, -0.2) is 30.3 Å². The zero-order valence-electron chi connectivity index (χ0n) is 11.0. The molecular formula is C14H21FN2O. The lowest BCUT2D eigenvalue weighted by molar-refractivity contribution is 0.0839. The average molecular weight is 252 g/mol. The first-order chi connectivity index (χ1) is 8.52. The van der Waals surface area contributed by atoms with Crippen LogP contribution < -0.4 is 10.2 Å². The van der Waals surface area contributed by atoms with Crippen molar-refractivity contribution >= 4 is 5.69 Å². The second-order valence-electron chi connectivity index (χ2n) is 5.23. The predicted molar refractivity (Wildman–Crippen MR) is 71.2 cm³/mol. The fourth-order valence-electron chi connectivity index (χ4n) is 2.34. The summed E-state index contributed by atoms with van der Waals surface area (Å²) in [5, 5.41) is 13.1. The smallest absolute Gasteiger partial charge is 0.146 e. The molecule has 1 saturated heterocycles. The van der Waals surface area contributed by atoms with Crippen molar-refractivity contribution in [1.29, 1.82) is 0 Å². The lowest BCUT2D eigenvalue weighted by Crippen LogP contribution is -2.30. The molecule has 1 aliphatic heterocycles. The van der Waals surface area contributed by atoms with Crippen LogP contribution in [0.5, 0.6) is 0 Å². The van der Waals surface area contributed by atoms with Crippen molar-refractivity contribution in [2.24, 2.45) is 0 Å². The van der Waals surface area contributed by atoms with Crippen molar-refractivity contribution < 1.29 is 9.50 Å². The first kappa shape index (κ1) is 13.3. The van der Waals surface area contributed by atoms with Crippen molar-refractivity contribution in [3.05, 3.63) is 29.6 Å². The first-order valence-corrected chi connectivity index (χ1v) is 6.48. The van der Waals surface area contributed by atoms with Gasteiger partial charge in [-0.25, -0.2) is 4.39 Å². The Morgan fingerprint density at radius 2 is 2.28 bits per heavy atom. The Morgan fingerprint density at radius 3 is 2.83 bits per heavy atom. The monoisotopic (exact) mass is 252 g/mol. The summed E-state index contributed by atoms with van der Waals surface area (Å²) in [6, 6.07) is 5.32. The van der Waals surface area contributed by atoms with Crippen LogP contribution in [0.25, 0.3) is 0 Å². The third kappa shape index (κ3) is 3.00. The Morgan fingerprint density at radius 1 is 1.50 bits per heavy atom. The van der Waals surface area contributed by atoms with Gasteiger partial charge in [-0.05, 0) is 37.6 Å². The number of anilines is 1. The van der Waals surface area contributed by atoms with Gasteiger partial charge in [-0.15, -0.1) is 0 Å². The molecule has 0 radical (unpaired) electrons. The van der Waals surface area contributed by atoms with Crippen molar-refractivity contribution in [2.75, 3.05) is 24.5 Å². The van der Waals surface area contributed by atoms with Gasteiger partial charge in [-0.2, -0.15) is 0 Å². The Kier molecular flexibility index (Phi) is 3.88. The van der Waals surface area contributed by atoms with E-state index in [4.69, 9.17) is 0 Å². The van der Waals surface area contributed by atoms with Crippen LogP contribution >= 0.6 is 0 Å². The number of benzene rings is 1. The molecule has 0 saturated carbocycles. The second kappa shape index (κ2) is 5.24. The lowest BCUT2D eigenvalue weighted by Gasteiger charge is -2.21. The van der Waals surface area contributed by atoms with Gasteiger partial charge in [0.25, 0.3) is 0 Å². The molecule has 100 valence electrons. The van der Waals surface area contributed by atoms with Crippen molar-refractivity contribution in [3.63, 3.8) is 0 Å².